The molecular formula is C23H29FN4O2. The number of ether oxygens (including phenoxy) is 1. The number of carbonyl (C=O) groups excluding carboxylic acids is 1. The molecule has 6 nitrogen and oxygen atoms in total. The van der Waals surface area contributed by atoms with E-state index in [1.54, 1.807) is 19.2 Å². The monoisotopic (exact) mass is 412 g/mol. The van der Waals surface area contributed by atoms with Gasteiger partial charge >= 0.3 is 0 Å². The van der Waals surface area contributed by atoms with Crippen LogP contribution < -0.4 is 15.4 Å². The molecule has 1 saturated heterocycles. The summed E-state index contributed by atoms with van der Waals surface area (Å²) >= 11 is 0. The van der Waals surface area contributed by atoms with E-state index < -0.39 is 0 Å². The first kappa shape index (κ1) is 21.6. The zero-order valence-corrected chi connectivity index (χ0v) is 17.5. The van der Waals surface area contributed by atoms with Crippen LogP contribution in [0, 0.1) is 5.82 Å². The molecule has 1 unspecified atom stereocenters. The van der Waals surface area contributed by atoms with Crippen LogP contribution in [-0.2, 0) is 17.9 Å². The minimum atomic E-state index is -0.285. The summed E-state index contributed by atoms with van der Waals surface area (Å²) in [4.78, 5) is 18.1. The van der Waals surface area contributed by atoms with Crippen LogP contribution in [0.3, 0.4) is 0 Å². The van der Waals surface area contributed by atoms with Gasteiger partial charge in [0.15, 0.2) is 5.96 Å². The van der Waals surface area contributed by atoms with E-state index in [-0.39, 0.29) is 17.8 Å². The highest BCUT2D eigenvalue weighted by Crippen LogP contribution is 2.17. The van der Waals surface area contributed by atoms with Crippen molar-refractivity contribution in [2.24, 2.45) is 4.99 Å². The second-order valence-electron chi connectivity index (χ2n) is 7.38. The number of nitrogens with zero attached hydrogens (tertiary/aromatic N) is 2. The first-order valence-electron chi connectivity index (χ1n) is 10.3. The molecule has 1 aliphatic heterocycles. The largest absolute Gasteiger partial charge is 0.489 e. The summed E-state index contributed by atoms with van der Waals surface area (Å²) in [5.74, 6) is 1.23. The van der Waals surface area contributed by atoms with Crippen LogP contribution in [-0.4, -0.2) is 43.0 Å². The minimum Gasteiger partial charge on any atom is -0.489 e. The van der Waals surface area contributed by atoms with E-state index in [9.17, 15) is 9.18 Å². The summed E-state index contributed by atoms with van der Waals surface area (Å²) in [7, 11) is 1.72. The Bertz CT molecular complexity index is 870. The number of benzene rings is 2. The number of amides is 1. The molecule has 2 aromatic rings. The maximum absolute atomic E-state index is 13.0. The van der Waals surface area contributed by atoms with E-state index in [4.69, 9.17) is 4.74 Å². The van der Waals surface area contributed by atoms with E-state index in [1.165, 1.54) is 12.1 Å². The maximum Gasteiger partial charge on any atom is 0.222 e. The van der Waals surface area contributed by atoms with Crippen molar-refractivity contribution in [1.29, 1.82) is 0 Å². The molecule has 0 aromatic heterocycles. The Morgan fingerprint density at radius 1 is 1.17 bits per heavy atom. The van der Waals surface area contributed by atoms with Crippen molar-refractivity contribution in [3.05, 3.63) is 65.5 Å². The topological polar surface area (TPSA) is 66.0 Å². The van der Waals surface area contributed by atoms with Crippen molar-refractivity contribution in [2.45, 2.75) is 39.0 Å². The van der Waals surface area contributed by atoms with Crippen molar-refractivity contribution in [1.82, 2.24) is 15.5 Å². The molecule has 2 N–H and O–H groups in total. The Labute approximate surface area is 177 Å². The smallest absolute Gasteiger partial charge is 0.222 e. The predicted octanol–water partition coefficient (Wildman–Crippen LogP) is 3.08. The summed E-state index contributed by atoms with van der Waals surface area (Å²) in [5.41, 5.74) is 2.28. The number of likely N-dealkylation sites (tertiary alicyclic amines) is 1. The molecule has 2 aromatic carbocycles. The lowest BCUT2D eigenvalue weighted by atomic mass is 10.1. The van der Waals surface area contributed by atoms with Crippen molar-refractivity contribution in [3.63, 3.8) is 0 Å². The zero-order valence-electron chi connectivity index (χ0n) is 17.5. The maximum atomic E-state index is 13.0. The molecule has 160 valence electrons. The van der Waals surface area contributed by atoms with Gasteiger partial charge in [-0.3, -0.25) is 9.79 Å². The molecule has 1 amide bonds. The lowest BCUT2D eigenvalue weighted by Gasteiger charge is -2.20. The van der Waals surface area contributed by atoms with E-state index in [2.05, 4.69) is 27.8 Å². The molecule has 7 heteroatoms. The van der Waals surface area contributed by atoms with Crippen LogP contribution in [0.1, 0.15) is 30.9 Å². The molecule has 0 saturated carbocycles. The third kappa shape index (κ3) is 6.20. The molecule has 3 rings (SSSR count). The highest BCUT2D eigenvalue weighted by Gasteiger charge is 2.20. The number of aliphatic imine (C=N–C) groups is 1. The van der Waals surface area contributed by atoms with Crippen LogP contribution in [0.5, 0.6) is 5.75 Å². The average Bonchev–Trinajstić information content (AvgIpc) is 3.15. The number of halogens is 1. The lowest BCUT2D eigenvalue weighted by Crippen LogP contribution is -2.41. The molecule has 0 aliphatic carbocycles. The lowest BCUT2D eigenvalue weighted by molar-refractivity contribution is -0.128. The number of carbonyl (C=O) groups is 1. The van der Waals surface area contributed by atoms with Crippen LogP contribution in [0.2, 0.25) is 0 Å². The summed E-state index contributed by atoms with van der Waals surface area (Å²) in [6.07, 6.45) is 1.46. The van der Waals surface area contributed by atoms with Gasteiger partial charge in [0.2, 0.25) is 5.91 Å². The second-order valence-corrected chi connectivity index (χ2v) is 7.38. The van der Waals surface area contributed by atoms with Crippen LogP contribution in [0.4, 0.5) is 4.39 Å². The zero-order chi connectivity index (χ0) is 21.3. The molecule has 1 heterocycles. The quantitative estimate of drug-likeness (QED) is 0.517. The van der Waals surface area contributed by atoms with Crippen LogP contribution >= 0.6 is 0 Å². The number of nitrogens with one attached hydrogen (secondary N) is 2. The highest BCUT2D eigenvalue weighted by atomic mass is 19.1. The van der Waals surface area contributed by atoms with E-state index in [0.29, 0.717) is 37.8 Å². The van der Waals surface area contributed by atoms with Gasteiger partial charge in [0.1, 0.15) is 17.7 Å². The Morgan fingerprint density at radius 3 is 2.57 bits per heavy atom. The fourth-order valence-electron chi connectivity index (χ4n) is 3.39. The van der Waals surface area contributed by atoms with Crippen molar-refractivity contribution >= 4 is 11.9 Å². The van der Waals surface area contributed by atoms with E-state index in [0.717, 1.165) is 24.1 Å². The second kappa shape index (κ2) is 10.6. The van der Waals surface area contributed by atoms with Gasteiger partial charge in [-0.1, -0.05) is 24.3 Å². The van der Waals surface area contributed by atoms with Crippen molar-refractivity contribution in [2.75, 3.05) is 20.1 Å². The van der Waals surface area contributed by atoms with Gasteiger partial charge in [-0.25, -0.2) is 4.39 Å². The van der Waals surface area contributed by atoms with Crippen LogP contribution in [0.25, 0.3) is 0 Å². The number of hydrogen-bond acceptors (Lipinski definition) is 3. The van der Waals surface area contributed by atoms with Gasteiger partial charge in [0, 0.05) is 33.1 Å². The number of rotatable bonds is 8. The standard InChI is InChI=1S/C23H29FN4O2/c1-17(30-21-11-9-20(24)10-12-21)14-26-23(25-2)27-15-18-6-3-4-7-19(18)16-28-13-5-8-22(28)29/h3-4,6-7,9-12,17H,5,8,13-16H2,1-2H3,(H2,25,26,27). The van der Waals surface area contributed by atoms with Gasteiger partial charge in [-0.15, -0.1) is 0 Å². The SMILES string of the molecule is CN=C(NCc1ccccc1CN1CCCC1=O)NCC(C)Oc1ccc(F)cc1. The number of guanidine groups is 1. The minimum absolute atomic E-state index is 0.123. The van der Waals surface area contributed by atoms with Gasteiger partial charge in [-0.05, 0) is 48.7 Å². The Kier molecular flexibility index (Phi) is 7.65. The van der Waals surface area contributed by atoms with Gasteiger partial charge in [-0.2, -0.15) is 0 Å². The summed E-state index contributed by atoms with van der Waals surface area (Å²) in [6.45, 7) is 4.55. The molecule has 0 radical (unpaired) electrons. The van der Waals surface area contributed by atoms with Crippen molar-refractivity contribution < 1.29 is 13.9 Å². The third-order valence-electron chi connectivity index (χ3n) is 5.03. The Hall–Kier alpha value is -3.09. The van der Waals surface area contributed by atoms with Crippen LogP contribution in [0.15, 0.2) is 53.5 Å². The van der Waals surface area contributed by atoms with Gasteiger partial charge in [0.25, 0.3) is 0 Å². The molecule has 30 heavy (non-hydrogen) atoms. The summed E-state index contributed by atoms with van der Waals surface area (Å²) < 4.78 is 18.8. The third-order valence-corrected chi connectivity index (χ3v) is 5.03. The first-order valence-corrected chi connectivity index (χ1v) is 10.3. The molecule has 1 fully saturated rings. The molecule has 0 bridgehead atoms. The highest BCUT2D eigenvalue weighted by molar-refractivity contribution is 5.79. The fourth-order valence-corrected chi connectivity index (χ4v) is 3.39. The molecular weight excluding hydrogens is 383 g/mol. The fraction of sp³-hybridized carbons (Fsp3) is 0.391. The Balaban J connectivity index is 1.49. The van der Waals surface area contributed by atoms with E-state index in [1.807, 2.05) is 24.0 Å². The van der Waals surface area contributed by atoms with Gasteiger partial charge in [0.05, 0.1) is 6.54 Å². The van der Waals surface area contributed by atoms with Gasteiger partial charge < -0.3 is 20.3 Å². The normalized spacial score (nSPS) is 15.2. The Morgan fingerprint density at radius 2 is 1.90 bits per heavy atom. The van der Waals surface area contributed by atoms with Crippen molar-refractivity contribution in [3.8, 4) is 5.75 Å². The first-order chi connectivity index (χ1) is 14.5. The molecule has 0 spiro atoms. The summed E-state index contributed by atoms with van der Waals surface area (Å²) in [6, 6.07) is 14.1. The molecule has 1 aliphatic rings. The average molecular weight is 413 g/mol. The predicted molar refractivity (Wildman–Crippen MR) is 116 cm³/mol. The van der Waals surface area contributed by atoms with E-state index >= 15 is 0 Å². The number of hydrogen-bond donors (Lipinski definition) is 2. The molecule has 1 atom stereocenters. The summed E-state index contributed by atoms with van der Waals surface area (Å²) in [5, 5.41) is 6.57.